The van der Waals surface area contributed by atoms with Crippen molar-refractivity contribution in [2.24, 2.45) is 0 Å². The van der Waals surface area contributed by atoms with Gasteiger partial charge in [0.1, 0.15) is 6.54 Å². The standard InChI is InChI=1S/C16H16INO4S/c1-12-7-9-13(10-8-12)23(20,21)18(11-16(19)22-2)15-6-4-3-5-14(15)17/h3-10H,11H2,1-2H3. The number of ether oxygens (including phenoxy) is 1. The maximum Gasteiger partial charge on any atom is 0.326 e. The predicted octanol–water partition coefficient (Wildman–Crippen LogP) is 2.97. The number of halogens is 1. The van der Waals surface area contributed by atoms with Crippen LogP contribution in [0.2, 0.25) is 0 Å². The Bertz CT molecular complexity index is 803. The largest absolute Gasteiger partial charge is 0.468 e. The minimum atomic E-state index is -3.87. The minimum Gasteiger partial charge on any atom is -0.468 e. The van der Waals surface area contributed by atoms with Crippen molar-refractivity contribution >= 4 is 44.3 Å². The number of aryl methyl sites for hydroxylation is 1. The highest BCUT2D eigenvalue weighted by molar-refractivity contribution is 14.1. The second kappa shape index (κ2) is 7.31. The van der Waals surface area contributed by atoms with Gasteiger partial charge in [-0.2, -0.15) is 0 Å². The van der Waals surface area contributed by atoms with Gasteiger partial charge in [0.05, 0.1) is 17.7 Å². The Kier molecular flexibility index (Phi) is 5.64. The van der Waals surface area contributed by atoms with Gasteiger partial charge in [0, 0.05) is 3.57 Å². The Morgan fingerprint density at radius 2 is 1.74 bits per heavy atom. The van der Waals surface area contributed by atoms with Gasteiger partial charge in [-0.15, -0.1) is 0 Å². The predicted molar refractivity (Wildman–Crippen MR) is 96.9 cm³/mol. The van der Waals surface area contributed by atoms with Crippen LogP contribution in [0.1, 0.15) is 5.56 Å². The van der Waals surface area contributed by atoms with Crippen molar-refractivity contribution in [3.05, 3.63) is 57.7 Å². The zero-order valence-corrected chi connectivity index (χ0v) is 15.7. The average molecular weight is 445 g/mol. The number of sulfonamides is 1. The summed E-state index contributed by atoms with van der Waals surface area (Å²) in [6, 6.07) is 13.5. The number of carbonyl (C=O) groups excluding carboxylic acids is 1. The van der Waals surface area contributed by atoms with Crippen LogP contribution in [0.5, 0.6) is 0 Å². The summed E-state index contributed by atoms with van der Waals surface area (Å²) >= 11 is 2.04. The van der Waals surface area contributed by atoms with E-state index in [1.54, 1.807) is 36.4 Å². The fourth-order valence-electron chi connectivity index (χ4n) is 1.97. The van der Waals surface area contributed by atoms with Crippen LogP contribution in [0.3, 0.4) is 0 Å². The number of benzene rings is 2. The number of rotatable bonds is 5. The van der Waals surface area contributed by atoms with Crippen molar-refractivity contribution in [3.8, 4) is 0 Å². The number of para-hydroxylation sites is 1. The molecule has 7 heteroatoms. The van der Waals surface area contributed by atoms with Gasteiger partial charge in [0.25, 0.3) is 10.0 Å². The first-order valence-electron chi connectivity index (χ1n) is 6.77. The fourth-order valence-corrected chi connectivity index (χ4v) is 4.24. The van der Waals surface area contributed by atoms with Crippen LogP contribution in [-0.4, -0.2) is 28.0 Å². The van der Waals surface area contributed by atoms with Crippen molar-refractivity contribution in [1.82, 2.24) is 0 Å². The van der Waals surface area contributed by atoms with E-state index in [1.165, 1.54) is 19.2 Å². The quantitative estimate of drug-likeness (QED) is 0.525. The van der Waals surface area contributed by atoms with Crippen LogP contribution in [0, 0.1) is 10.5 Å². The van der Waals surface area contributed by atoms with Crippen LogP contribution < -0.4 is 4.31 Å². The first-order valence-corrected chi connectivity index (χ1v) is 9.29. The van der Waals surface area contributed by atoms with E-state index in [9.17, 15) is 13.2 Å². The first-order chi connectivity index (χ1) is 10.9. The summed E-state index contributed by atoms with van der Waals surface area (Å²) in [7, 11) is -2.64. The molecule has 0 aliphatic heterocycles. The third-order valence-corrected chi connectivity index (χ3v) is 5.92. The molecule has 0 bridgehead atoms. The third kappa shape index (κ3) is 4.03. The molecule has 0 amide bonds. The molecular formula is C16H16INO4S. The summed E-state index contributed by atoms with van der Waals surface area (Å²) in [6.07, 6.45) is 0. The fraction of sp³-hybridized carbons (Fsp3) is 0.188. The topological polar surface area (TPSA) is 63.7 Å². The molecule has 0 radical (unpaired) electrons. The van der Waals surface area contributed by atoms with Crippen molar-refractivity contribution in [1.29, 1.82) is 0 Å². The number of carbonyl (C=O) groups is 1. The summed E-state index contributed by atoms with van der Waals surface area (Å²) in [6.45, 7) is 1.50. The normalized spacial score (nSPS) is 11.1. The number of hydrogen-bond acceptors (Lipinski definition) is 4. The van der Waals surface area contributed by atoms with Gasteiger partial charge in [-0.3, -0.25) is 9.10 Å². The second-order valence-electron chi connectivity index (χ2n) is 4.85. The number of methoxy groups -OCH3 is 1. The van der Waals surface area contributed by atoms with Crippen molar-refractivity contribution < 1.29 is 17.9 Å². The smallest absolute Gasteiger partial charge is 0.326 e. The molecular weight excluding hydrogens is 429 g/mol. The van der Waals surface area contributed by atoms with Crippen LogP contribution in [-0.2, 0) is 19.6 Å². The van der Waals surface area contributed by atoms with Crippen molar-refractivity contribution in [2.45, 2.75) is 11.8 Å². The van der Waals surface area contributed by atoms with Crippen molar-refractivity contribution in [2.75, 3.05) is 18.0 Å². The molecule has 0 atom stereocenters. The van der Waals surface area contributed by atoms with E-state index < -0.39 is 16.0 Å². The highest BCUT2D eigenvalue weighted by atomic mass is 127. The molecule has 0 aliphatic rings. The molecule has 2 rings (SSSR count). The Labute approximate surface area is 149 Å². The lowest BCUT2D eigenvalue weighted by molar-refractivity contribution is -0.138. The van der Waals surface area contributed by atoms with Crippen LogP contribution in [0.4, 0.5) is 5.69 Å². The van der Waals surface area contributed by atoms with Gasteiger partial charge < -0.3 is 4.74 Å². The SMILES string of the molecule is COC(=O)CN(c1ccccc1I)S(=O)(=O)c1ccc(C)cc1. The van der Waals surface area contributed by atoms with Crippen LogP contribution in [0.15, 0.2) is 53.4 Å². The number of esters is 1. The molecule has 0 heterocycles. The minimum absolute atomic E-state index is 0.131. The van der Waals surface area contributed by atoms with Gasteiger partial charge in [0.2, 0.25) is 0 Å². The lowest BCUT2D eigenvalue weighted by atomic mass is 10.2. The molecule has 0 aliphatic carbocycles. The van der Waals surface area contributed by atoms with Crippen LogP contribution >= 0.6 is 22.6 Å². The van der Waals surface area contributed by atoms with E-state index in [2.05, 4.69) is 4.74 Å². The van der Waals surface area contributed by atoms with E-state index in [1.807, 2.05) is 29.5 Å². The average Bonchev–Trinajstić information content (AvgIpc) is 2.53. The molecule has 0 unspecified atom stereocenters. The highest BCUT2D eigenvalue weighted by Crippen LogP contribution is 2.28. The van der Waals surface area contributed by atoms with E-state index in [-0.39, 0.29) is 11.4 Å². The van der Waals surface area contributed by atoms with E-state index in [0.29, 0.717) is 5.69 Å². The second-order valence-corrected chi connectivity index (χ2v) is 7.88. The number of hydrogen-bond donors (Lipinski definition) is 0. The first kappa shape index (κ1) is 17.7. The summed E-state index contributed by atoms with van der Waals surface area (Å²) < 4.78 is 32.4. The molecule has 0 saturated carbocycles. The molecule has 2 aromatic carbocycles. The van der Waals surface area contributed by atoms with E-state index in [0.717, 1.165) is 13.4 Å². The highest BCUT2D eigenvalue weighted by Gasteiger charge is 2.28. The maximum atomic E-state index is 13.0. The van der Waals surface area contributed by atoms with E-state index >= 15 is 0 Å². The molecule has 23 heavy (non-hydrogen) atoms. The maximum absolute atomic E-state index is 13.0. The summed E-state index contributed by atoms with van der Waals surface area (Å²) in [5, 5.41) is 0. The molecule has 122 valence electrons. The monoisotopic (exact) mass is 445 g/mol. The van der Waals surface area contributed by atoms with Crippen LogP contribution in [0.25, 0.3) is 0 Å². The zero-order chi connectivity index (χ0) is 17.0. The number of nitrogens with zero attached hydrogens (tertiary/aromatic N) is 1. The Morgan fingerprint density at radius 3 is 2.30 bits per heavy atom. The number of anilines is 1. The summed E-state index contributed by atoms with van der Waals surface area (Å²) in [4.78, 5) is 11.8. The lowest BCUT2D eigenvalue weighted by Crippen LogP contribution is -2.36. The van der Waals surface area contributed by atoms with E-state index in [4.69, 9.17) is 0 Å². The molecule has 2 aromatic rings. The van der Waals surface area contributed by atoms with Gasteiger partial charge in [-0.25, -0.2) is 8.42 Å². The Morgan fingerprint density at radius 1 is 1.13 bits per heavy atom. The van der Waals surface area contributed by atoms with Gasteiger partial charge in [-0.05, 0) is 53.8 Å². The third-order valence-electron chi connectivity index (χ3n) is 3.23. The molecule has 0 fully saturated rings. The van der Waals surface area contributed by atoms with Gasteiger partial charge in [0.15, 0.2) is 0 Å². The molecule has 0 aromatic heterocycles. The van der Waals surface area contributed by atoms with Gasteiger partial charge in [-0.1, -0.05) is 29.8 Å². The Hall–Kier alpha value is -1.61. The molecule has 5 nitrogen and oxygen atoms in total. The summed E-state index contributed by atoms with van der Waals surface area (Å²) in [5.74, 6) is -0.625. The molecule has 0 spiro atoms. The van der Waals surface area contributed by atoms with Gasteiger partial charge >= 0.3 is 5.97 Å². The van der Waals surface area contributed by atoms with Crippen molar-refractivity contribution in [3.63, 3.8) is 0 Å². The molecule has 0 N–H and O–H groups in total. The lowest BCUT2D eigenvalue weighted by Gasteiger charge is -2.24. The zero-order valence-electron chi connectivity index (χ0n) is 12.7. The summed E-state index contributed by atoms with van der Waals surface area (Å²) in [5.41, 5.74) is 1.40. The Balaban J connectivity index is 2.54. The molecule has 0 saturated heterocycles.